The maximum absolute atomic E-state index is 4.44. The van der Waals surface area contributed by atoms with Crippen LogP contribution in [0, 0.1) is 6.92 Å². The number of aryl methyl sites for hydroxylation is 3. The summed E-state index contributed by atoms with van der Waals surface area (Å²) in [6, 6.07) is 4.00. The lowest BCUT2D eigenvalue weighted by atomic mass is 10.2. The van der Waals surface area contributed by atoms with E-state index in [1.807, 2.05) is 43.2 Å². The highest BCUT2D eigenvalue weighted by Crippen LogP contribution is 2.11. The van der Waals surface area contributed by atoms with Crippen LogP contribution < -0.4 is 5.32 Å². The summed E-state index contributed by atoms with van der Waals surface area (Å²) in [6.07, 6.45) is 4.93. The molecule has 6 nitrogen and oxygen atoms in total. The van der Waals surface area contributed by atoms with Crippen LogP contribution in [0.2, 0.25) is 0 Å². The van der Waals surface area contributed by atoms with Gasteiger partial charge >= 0.3 is 0 Å². The van der Waals surface area contributed by atoms with Crippen molar-refractivity contribution in [3.8, 4) is 0 Å². The zero-order chi connectivity index (χ0) is 14.1. The molecule has 0 aromatic carbocycles. The van der Waals surface area contributed by atoms with Gasteiger partial charge in [0.1, 0.15) is 0 Å². The van der Waals surface area contributed by atoms with Crippen LogP contribution in [0.3, 0.4) is 0 Å². The number of rotatable bonds is 4. The number of nitrogens with one attached hydrogen (secondary N) is 1. The van der Waals surface area contributed by atoms with Crippen molar-refractivity contribution in [1.82, 2.24) is 24.4 Å². The molecule has 0 aliphatic rings. The van der Waals surface area contributed by atoms with Gasteiger partial charge in [-0.2, -0.15) is 10.1 Å². The molecule has 0 spiro atoms. The van der Waals surface area contributed by atoms with Gasteiger partial charge in [0.05, 0.1) is 5.69 Å². The van der Waals surface area contributed by atoms with Gasteiger partial charge in [-0.1, -0.05) is 13.0 Å². The van der Waals surface area contributed by atoms with Gasteiger partial charge in [0.2, 0.25) is 5.95 Å². The van der Waals surface area contributed by atoms with E-state index < -0.39 is 0 Å². The zero-order valence-corrected chi connectivity index (χ0v) is 12.0. The molecule has 0 aliphatic heterocycles. The lowest BCUT2D eigenvalue weighted by molar-refractivity contribution is 0.746. The Morgan fingerprint density at radius 2 is 2.05 bits per heavy atom. The molecule has 3 rings (SSSR count). The van der Waals surface area contributed by atoms with E-state index in [-0.39, 0.29) is 0 Å². The molecule has 0 amide bonds. The summed E-state index contributed by atoms with van der Waals surface area (Å²) in [6.45, 7) is 4.84. The number of fused-ring (bicyclic) bond motifs is 1. The Labute approximate surface area is 117 Å². The minimum atomic E-state index is 0.640. The first-order valence-corrected chi connectivity index (χ1v) is 6.74. The van der Waals surface area contributed by atoms with Crippen LogP contribution in [0.25, 0.3) is 5.65 Å². The second kappa shape index (κ2) is 4.96. The van der Waals surface area contributed by atoms with Crippen molar-refractivity contribution in [1.29, 1.82) is 0 Å². The molecule has 0 radical (unpaired) electrons. The summed E-state index contributed by atoms with van der Waals surface area (Å²) in [5, 5.41) is 12.1. The predicted molar refractivity (Wildman–Crippen MR) is 77.6 cm³/mol. The molecule has 0 fully saturated rings. The van der Waals surface area contributed by atoms with E-state index in [2.05, 4.69) is 27.4 Å². The molecule has 3 aromatic rings. The Balaban J connectivity index is 1.79. The van der Waals surface area contributed by atoms with Crippen LogP contribution >= 0.6 is 0 Å². The monoisotopic (exact) mass is 270 g/mol. The SMILES string of the molecule is CCc1nn(C)cc1CNc1nc2ccc(C)cn2n1. The molecule has 20 heavy (non-hydrogen) atoms. The summed E-state index contributed by atoms with van der Waals surface area (Å²) in [4.78, 5) is 4.44. The number of nitrogens with zero attached hydrogens (tertiary/aromatic N) is 5. The Hall–Kier alpha value is -2.37. The summed E-state index contributed by atoms with van der Waals surface area (Å²) in [5.74, 6) is 0.640. The number of hydrogen-bond acceptors (Lipinski definition) is 4. The Morgan fingerprint density at radius 3 is 2.85 bits per heavy atom. The fraction of sp³-hybridized carbons (Fsp3) is 0.357. The van der Waals surface area contributed by atoms with Crippen LogP contribution in [0.5, 0.6) is 0 Å². The van der Waals surface area contributed by atoms with Gasteiger partial charge in [0, 0.05) is 31.5 Å². The van der Waals surface area contributed by atoms with Gasteiger partial charge in [-0.3, -0.25) is 4.68 Å². The lowest BCUT2D eigenvalue weighted by Crippen LogP contribution is -2.02. The highest BCUT2D eigenvalue weighted by molar-refractivity contribution is 5.44. The summed E-state index contributed by atoms with van der Waals surface area (Å²) in [5.41, 5.74) is 4.30. The molecule has 0 unspecified atom stereocenters. The van der Waals surface area contributed by atoms with Gasteiger partial charge in [-0.15, -0.1) is 5.10 Å². The maximum Gasteiger partial charge on any atom is 0.243 e. The second-order valence-corrected chi connectivity index (χ2v) is 4.93. The van der Waals surface area contributed by atoms with Crippen molar-refractivity contribution < 1.29 is 0 Å². The fourth-order valence-corrected chi connectivity index (χ4v) is 2.26. The smallest absolute Gasteiger partial charge is 0.243 e. The Morgan fingerprint density at radius 1 is 1.20 bits per heavy atom. The average Bonchev–Trinajstić information content (AvgIpc) is 2.98. The molecule has 6 heteroatoms. The van der Waals surface area contributed by atoms with Gasteiger partial charge < -0.3 is 5.32 Å². The van der Waals surface area contributed by atoms with E-state index in [4.69, 9.17) is 0 Å². The summed E-state index contributed by atoms with van der Waals surface area (Å²) in [7, 11) is 1.94. The molecule has 3 aromatic heterocycles. The van der Waals surface area contributed by atoms with E-state index in [0.29, 0.717) is 12.5 Å². The molecule has 104 valence electrons. The summed E-state index contributed by atoms with van der Waals surface area (Å²) >= 11 is 0. The highest BCUT2D eigenvalue weighted by atomic mass is 15.3. The van der Waals surface area contributed by atoms with Crippen LogP contribution in [0.1, 0.15) is 23.7 Å². The number of pyridine rings is 1. The standard InChI is InChI=1S/C14H18N6/c1-4-12-11(9-19(3)17-12)7-15-14-16-13-6-5-10(2)8-20(13)18-14/h5-6,8-9H,4,7H2,1-3H3,(H,15,18). The third-order valence-electron chi connectivity index (χ3n) is 3.24. The zero-order valence-electron chi connectivity index (χ0n) is 12.0. The van der Waals surface area contributed by atoms with Crippen LogP contribution in [-0.4, -0.2) is 24.4 Å². The van der Waals surface area contributed by atoms with Crippen LogP contribution in [0.15, 0.2) is 24.5 Å². The average molecular weight is 270 g/mol. The number of aromatic nitrogens is 5. The third kappa shape index (κ3) is 2.36. The molecular weight excluding hydrogens is 252 g/mol. The van der Waals surface area contributed by atoms with Gasteiger partial charge in [-0.25, -0.2) is 4.52 Å². The van der Waals surface area contributed by atoms with Crippen molar-refractivity contribution in [2.45, 2.75) is 26.8 Å². The fourth-order valence-electron chi connectivity index (χ4n) is 2.26. The van der Waals surface area contributed by atoms with E-state index in [1.54, 1.807) is 4.52 Å². The van der Waals surface area contributed by atoms with Crippen molar-refractivity contribution in [2.75, 3.05) is 5.32 Å². The van der Waals surface area contributed by atoms with Crippen molar-refractivity contribution in [2.24, 2.45) is 7.05 Å². The lowest BCUT2D eigenvalue weighted by Gasteiger charge is -2.00. The van der Waals surface area contributed by atoms with Gasteiger partial charge in [0.25, 0.3) is 0 Å². The normalized spacial score (nSPS) is 11.2. The number of anilines is 1. The minimum Gasteiger partial charge on any atom is -0.349 e. The highest BCUT2D eigenvalue weighted by Gasteiger charge is 2.07. The van der Waals surface area contributed by atoms with Crippen molar-refractivity contribution in [3.05, 3.63) is 41.3 Å². The first-order chi connectivity index (χ1) is 9.65. The third-order valence-corrected chi connectivity index (χ3v) is 3.24. The quantitative estimate of drug-likeness (QED) is 0.787. The maximum atomic E-state index is 4.44. The predicted octanol–water partition coefficient (Wildman–Crippen LogP) is 1.95. The van der Waals surface area contributed by atoms with E-state index in [9.17, 15) is 0 Å². The first kappa shape index (κ1) is 12.7. The van der Waals surface area contributed by atoms with Crippen LogP contribution in [-0.2, 0) is 20.0 Å². The topological polar surface area (TPSA) is 60.0 Å². The second-order valence-electron chi connectivity index (χ2n) is 4.93. The molecule has 0 aliphatic carbocycles. The Bertz CT molecular complexity index is 739. The molecule has 3 heterocycles. The van der Waals surface area contributed by atoms with Crippen molar-refractivity contribution in [3.63, 3.8) is 0 Å². The van der Waals surface area contributed by atoms with Gasteiger partial charge in [-0.05, 0) is 25.0 Å². The summed E-state index contributed by atoms with van der Waals surface area (Å²) < 4.78 is 3.64. The minimum absolute atomic E-state index is 0.640. The largest absolute Gasteiger partial charge is 0.349 e. The Kier molecular flexibility index (Phi) is 3.14. The van der Waals surface area contributed by atoms with E-state index >= 15 is 0 Å². The number of hydrogen-bond donors (Lipinski definition) is 1. The van der Waals surface area contributed by atoms with E-state index in [0.717, 1.165) is 23.3 Å². The molecule has 1 N–H and O–H groups in total. The molecular formula is C14H18N6. The van der Waals surface area contributed by atoms with Gasteiger partial charge in [0.15, 0.2) is 5.65 Å². The van der Waals surface area contributed by atoms with Crippen LogP contribution in [0.4, 0.5) is 5.95 Å². The molecule has 0 saturated carbocycles. The molecule has 0 saturated heterocycles. The molecule has 0 bridgehead atoms. The van der Waals surface area contributed by atoms with E-state index in [1.165, 1.54) is 5.56 Å². The first-order valence-electron chi connectivity index (χ1n) is 6.74. The van der Waals surface area contributed by atoms with Crippen molar-refractivity contribution >= 4 is 11.6 Å². The molecule has 0 atom stereocenters.